The molecule has 0 aliphatic heterocycles. The fraction of sp³-hybridized carbons (Fsp3) is 0.900. The summed E-state index contributed by atoms with van der Waals surface area (Å²) in [5.41, 5.74) is 0. The highest BCUT2D eigenvalue weighted by Crippen LogP contribution is 2.01. The van der Waals surface area contributed by atoms with Gasteiger partial charge in [-0.2, -0.15) is 0 Å². The number of carbonyl (C=O) groups excluding carboxylic acids is 1. The molecule has 12 heavy (non-hydrogen) atoms. The predicted octanol–water partition coefficient (Wildman–Crippen LogP) is 2.34. The Bertz CT molecular complexity index is 128. The molecule has 0 aliphatic rings. The van der Waals surface area contributed by atoms with Crippen molar-refractivity contribution in [2.75, 3.05) is 0 Å². The van der Waals surface area contributed by atoms with Crippen molar-refractivity contribution < 1.29 is 4.79 Å². The molecule has 0 atom stereocenters. The number of nitrogens with one attached hydrogen (secondary N) is 1. The molecule has 0 aromatic rings. The minimum absolute atomic E-state index is 0.193. The highest BCUT2D eigenvalue weighted by molar-refractivity contribution is 5.76. The van der Waals surface area contributed by atoms with Crippen LogP contribution in [0.25, 0.3) is 0 Å². The molecular weight excluding hydrogens is 150 g/mol. The topological polar surface area (TPSA) is 29.1 Å². The van der Waals surface area contributed by atoms with E-state index in [-0.39, 0.29) is 5.91 Å². The summed E-state index contributed by atoms with van der Waals surface area (Å²) in [5.74, 6) is 0.651. The van der Waals surface area contributed by atoms with Crippen molar-refractivity contribution >= 4 is 5.91 Å². The zero-order valence-electron chi connectivity index (χ0n) is 8.68. The first-order valence-electron chi connectivity index (χ1n) is 4.89. The molecule has 1 N–H and O–H groups in total. The summed E-state index contributed by atoms with van der Waals surface area (Å²) in [4.78, 5) is 11.3. The minimum Gasteiger partial charge on any atom is -0.353 e. The summed E-state index contributed by atoms with van der Waals surface area (Å²) in [6, 6.07) is 0.372. The summed E-state index contributed by atoms with van der Waals surface area (Å²) in [6.07, 6.45) is 2.71. The highest BCUT2D eigenvalue weighted by atomic mass is 16.1. The Balaban J connectivity index is 3.66. The predicted molar refractivity (Wildman–Crippen MR) is 52.0 cm³/mol. The van der Waals surface area contributed by atoms with E-state index < -0.39 is 0 Å². The molecule has 0 bridgehead atoms. The summed E-state index contributed by atoms with van der Waals surface area (Å²) < 4.78 is 0. The average Bonchev–Trinajstić information content (AvgIpc) is 1.98. The second-order valence-corrected chi connectivity index (χ2v) is 3.68. The molecule has 2 heteroatoms. The van der Waals surface area contributed by atoms with E-state index in [2.05, 4.69) is 33.0 Å². The van der Waals surface area contributed by atoms with Crippen molar-refractivity contribution in [3.05, 3.63) is 0 Å². The molecule has 0 fully saturated rings. The van der Waals surface area contributed by atoms with E-state index >= 15 is 0 Å². The van der Waals surface area contributed by atoms with E-state index in [4.69, 9.17) is 0 Å². The van der Waals surface area contributed by atoms with Gasteiger partial charge in [-0.3, -0.25) is 4.79 Å². The molecule has 0 aliphatic carbocycles. The van der Waals surface area contributed by atoms with Gasteiger partial charge >= 0.3 is 0 Å². The molecular formula is C10H21NO. The van der Waals surface area contributed by atoms with Crippen molar-refractivity contribution in [1.82, 2.24) is 5.32 Å². The molecule has 72 valence electrons. The van der Waals surface area contributed by atoms with Crippen molar-refractivity contribution in [3.63, 3.8) is 0 Å². The Labute approximate surface area is 75.7 Å². The molecule has 0 radical (unpaired) electrons. The second-order valence-electron chi connectivity index (χ2n) is 3.68. The molecule has 0 heterocycles. The lowest BCUT2D eigenvalue weighted by Crippen LogP contribution is -2.34. The van der Waals surface area contributed by atoms with Gasteiger partial charge in [0.25, 0.3) is 0 Å². The summed E-state index contributed by atoms with van der Waals surface area (Å²) in [7, 11) is 0. The van der Waals surface area contributed by atoms with E-state index in [1.165, 1.54) is 0 Å². The molecule has 0 saturated heterocycles. The van der Waals surface area contributed by atoms with Gasteiger partial charge in [-0.1, -0.05) is 27.7 Å². The van der Waals surface area contributed by atoms with Gasteiger partial charge < -0.3 is 5.32 Å². The minimum atomic E-state index is 0.193. The Morgan fingerprint density at radius 2 is 1.75 bits per heavy atom. The van der Waals surface area contributed by atoms with Crippen molar-refractivity contribution in [2.45, 2.75) is 53.0 Å². The first-order chi connectivity index (χ1) is 5.60. The van der Waals surface area contributed by atoms with Crippen LogP contribution in [0.2, 0.25) is 0 Å². The Morgan fingerprint density at radius 1 is 1.25 bits per heavy atom. The normalized spacial score (nSPS) is 10.8. The Morgan fingerprint density at radius 3 is 2.08 bits per heavy atom. The number of hydrogen-bond donors (Lipinski definition) is 1. The maximum Gasteiger partial charge on any atom is 0.220 e. The number of hydrogen-bond acceptors (Lipinski definition) is 1. The molecule has 2 nitrogen and oxygen atoms in total. The van der Waals surface area contributed by atoms with Gasteiger partial charge in [0.2, 0.25) is 5.91 Å². The van der Waals surface area contributed by atoms with Crippen molar-refractivity contribution in [1.29, 1.82) is 0 Å². The second kappa shape index (κ2) is 6.04. The third-order valence-electron chi connectivity index (χ3n) is 1.94. The van der Waals surface area contributed by atoms with Crippen LogP contribution in [0.1, 0.15) is 47.0 Å². The third-order valence-corrected chi connectivity index (χ3v) is 1.94. The van der Waals surface area contributed by atoms with E-state index in [0.717, 1.165) is 12.8 Å². The van der Waals surface area contributed by atoms with Crippen LogP contribution in [0.4, 0.5) is 0 Å². The first-order valence-corrected chi connectivity index (χ1v) is 4.89. The van der Waals surface area contributed by atoms with Gasteiger partial charge in [0.1, 0.15) is 0 Å². The van der Waals surface area contributed by atoms with Crippen molar-refractivity contribution in [3.8, 4) is 0 Å². The van der Waals surface area contributed by atoms with Crippen LogP contribution in [-0.2, 0) is 4.79 Å². The quantitative estimate of drug-likeness (QED) is 0.676. The van der Waals surface area contributed by atoms with Gasteiger partial charge in [0.05, 0.1) is 0 Å². The maximum absolute atomic E-state index is 11.3. The molecule has 0 aromatic heterocycles. The molecule has 0 spiro atoms. The third kappa shape index (κ3) is 5.16. The molecule has 0 saturated carbocycles. The maximum atomic E-state index is 11.3. The number of carbonyl (C=O) groups is 1. The Kier molecular flexibility index (Phi) is 5.77. The summed E-state index contributed by atoms with van der Waals surface area (Å²) in [5, 5.41) is 3.01. The van der Waals surface area contributed by atoms with Crippen LogP contribution < -0.4 is 5.32 Å². The van der Waals surface area contributed by atoms with Crippen LogP contribution in [0.15, 0.2) is 0 Å². The molecule has 0 unspecified atom stereocenters. The first kappa shape index (κ1) is 11.5. The van der Waals surface area contributed by atoms with E-state index in [0.29, 0.717) is 18.4 Å². The van der Waals surface area contributed by atoms with Crippen LogP contribution in [0.3, 0.4) is 0 Å². The summed E-state index contributed by atoms with van der Waals surface area (Å²) >= 11 is 0. The lowest BCUT2D eigenvalue weighted by atomic mass is 10.1. The lowest BCUT2D eigenvalue weighted by molar-refractivity contribution is -0.122. The smallest absolute Gasteiger partial charge is 0.220 e. The van der Waals surface area contributed by atoms with Crippen LogP contribution >= 0.6 is 0 Å². The highest BCUT2D eigenvalue weighted by Gasteiger charge is 2.08. The molecule has 0 rings (SSSR count). The van der Waals surface area contributed by atoms with Crippen LogP contribution in [0, 0.1) is 5.92 Å². The fourth-order valence-corrected chi connectivity index (χ4v) is 1.15. The molecule has 0 aromatic carbocycles. The zero-order chi connectivity index (χ0) is 9.56. The van der Waals surface area contributed by atoms with Crippen LogP contribution in [-0.4, -0.2) is 11.9 Å². The van der Waals surface area contributed by atoms with Gasteiger partial charge in [-0.05, 0) is 18.8 Å². The van der Waals surface area contributed by atoms with Gasteiger partial charge in [0.15, 0.2) is 0 Å². The zero-order valence-corrected chi connectivity index (χ0v) is 8.68. The van der Waals surface area contributed by atoms with Gasteiger partial charge in [-0.25, -0.2) is 0 Å². The fourth-order valence-electron chi connectivity index (χ4n) is 1.15. The summed E-state index contributed by atoms with van der Waals surface area (Å²) in [6.45, 7) is 8.33. The van der Waals surface area contributed by atoms with Crippen molar-refractivity contribution in [2.24, 2.45) is 5.92 Å². The lowest BCUT2D eigenvalue weighted by Gasteiger charge is -2.15. The van der Waals surface area contributed by atoms with Gasteiger partial charge in [0, 0.05) is 12.5 Å². The number of rotatable bonds is 5. The van der Waals surface area contributed by atoms with E-state index in [1.54, 1.807) is 0 Å². The van der Waals surface area contributed by atoms with Crippen LogP contribution in [0.5, 0.6) is 0 Å². The largest absolute Gasteiger partial charge is 0.353 e. The van der Waals surface area contributed by atoms with E-state index in [9.17, 15) is 4.79 Å². The average molecular weight is 171 g/mol. The van der Waals surface area contributed by atoms with Gasteiger partial charge in [-0.15, -0.1) is 0 Å². The standard InChI is InChI=1S/C10H21NO/c1-5-9(6-2)11-10(12)7-8(3)4/h8-9H,5-7H2,1-4H3,(H,11,12). The monoisotopic (exact) mass is 171 g/mol. The Hall–Kier alpha value is -0.530. The number of amides is 1. The molecule has 1 amide bonds. The van der Waals surface area contributed by atoms with E-state index in [1.807, 2.05) is 0 Å². The SMILES string of the molecule is CCC(CC)NC(=O)CC(C)C.